The van der Waals surface area contributed by atoms with Crippen LogP contribution in [0.1, 0.15) is 12.0 Å². The summed E-state index contributed by atoms with van der Waals surface area (Å²) in [5, 5.41) is 8.68. The van der Waals surface area contributed by atoms with Gasteiger partial charge in [0.1, 0.15) is 0 Å². The minimum atomic E-state index is -5.14. The van der Waals surface area contributed by atoms with Crippen LogP contribution in [0.3, 0.4) is 0 Å². The smallest absolute Gasteiger partial charge is 0.306 e. The van der Waals surface area contributed by atoms with Crippen molar-refractivity contribution < 1.29 is 27.6 Å². The van der Waals surface area contributed by atoms with Gasteiger partial charge in [-0.1, -0.05) is 0 Å². The van der Waals surface area contributed by atoms with Gasteiger partial charge in [0.2, 0.25) is 11.6 Å². The van der Waals surface area contributed by atoms with Gasteiger partial charge in [-0.25, -0.2) is 0 Å². The maximum absolute atomic E-state index is 12.4. The molecule has 0 aromatic heterocycles. The Labute approximate surface area is 122 Å². The minimum Gasteiger partial charge on any atom is -0.306 e. The summed E-state index contributed by atoms with van der Waals surface area (Å²) in [6, 6.07) is 7.53. The van der Waals surface area contributed by atoms with Crippen molar-refractivity contribution >= 4 is 23.2 Å². The van der Waals surface area contributed by atoms with E-state index in [1.807, 2.05) is 6.07 Å². The topological polar surface area (TPSA) is 78.2 Å². The Balaban J connectivity index is 2.21. The number of hydrogen-bond acceptors (Lipinski definition) is 4. The van der Waals surface area contributed by atoms with Crippen LogP contribution < -0.4 is 4.90 Å². The van der Waals surface area contributed by atoms with Crippen LogP contribution in [-0.2, 0) is 14.4 Å². The second kappa shape index (κ2) is 5.60. The number of halogens is 3. The van der Waals surface area contributed by atoms with Gasteiger partial charge in [0.05, 0.1) is 17.6 Å². The van der Waals surface area contributed by atoms with Crippen molar-refractivity contribution in [2.45, 2.75) is 12.6 Å². The van der Waals surface area contributed by atoms with E-state index in [9.17, 15) is 27.6 Å². The lowest BCUT2D eigenvalue weighted by atomic mass is 9.90. The summed E-state index contributed by atoms with van der Waals surface area (Å²) in [6.45, 7) is -0.178. The molecule has 1 saturated heterocycles. The van der Waals surface area contributed by atoms with E-state index in [2.05, 4.69) is 0 Å². The van der Waals surface area contributed by atoms with E-state index < -0.39 is 29.6 Å². The van der Waals surface area contributed by atoms with Gasteiger partial charge >= 0.3 is 6.18 Å². The summed E-state index contributed by atoms with van der Waals surface area (Å²) in [6.07, 6.45) is -5.53. The van der Waals surface area contributed by atoms with Gasteiger partial charge in [0, 0.05) is 12.2 Å². The SMILES string of the molecule is N#Cc1ccc(N2CCC(C(=O)C(F)(F)F)C(=O)C2=O)cc1. The molecule has 0 bridgehead atoms. The van der Waals surface area contributed by atoms with E-state index in [1.54, 1.807) is 0 Å². The van der Waals surface area contributed by atoms with Crippen molar-refractivity contribution in [1.29, 1.82) is 5.26 Å². The largest absolute Gasteiger partial charge is 0.450 e. The van der Waals surface area contributed by atoms with Crippen molar-refractivity contribution in [3.05, 3.63) is 29.8 Å². The van der Waals surface area contributed by atoms with Crippen LogP contribution in [0.25, 0.3) is 0 Å². The first-order valence-corrected chi connectivity index (χ1v) is 6.22. The average molecular weight is 310 g/mol. The molecule has 0 N–H and O–H groups in total. The summed E-state index contributed by atoms with van der Waals surface area (Å²) < 4.78 is 37.1. The molecule has 1 amide bonds. The van der Waals surface area contributed by atoms with E-state index in [0.717, 1.165) is 4.90 Å². The number of nitriles is 1. The predicted molar refractivity (Wildman–Crippen MR) is 67.7 cm³/mol. The first-order valence-electron chi connectivity index (χ1n) is 6.22. The quantitative estimate of drug-likeness (QED) is 0.614. The molecule has 1 heterocycles. The number of Topliss-reactive ketones (excluding diaryl/α,β-unsaturated/α-hetero) is 2. The maximum atomic E-state index is 12.4. The number of carbonyl (C=O) groups excluding carboxylic acids is 3. The van der Waals surface area contributed by atoms with Gasteiger partial charge < -0.3 is 4.90 Å². The molecular weight excluding hydrogens is 301 g/mol. The third kappa shape index (κ3) is 2.83. The number of amides is 1. The van der Waals surface area contributed by atoms with Gasteiger partial charge in [-0.2, -0.15) is 18.4 Å². The highest BCUT2D eigenvalue weighted by atomic mass is 19.4. The molecule has 5 nitrogen and oxygen atoms in total. The highest BCUT2D eigenvalue weighted by molar-refractivity contribution is 6.45. The molecule has 1 aromatic rings. The zero-order valence-electron chi connectivity index (χ0n) is 11.1. The Morgan fingerprint density at radius 2 is 1.82 bits per heavy atom. The van der Waals surface area contributed by atoms with E-state index in [1.165, 1.54) is 24.3 Å². The first-order chi connectivity index (χ1) is 10.3. The maximum Gasteiger partial charge on any atom is 0.450 e. The molecule has 0 spiro atoms. The lowest BCUT2D eigenvalue weighted by Gasteiger charge is -2.30. The molecule has 1 aliphatic heterocycles. The summed E-state index contributed by atoms with van der Waals surface area (Å²) in [7, 11) is 0. The highest BCUT2D eigenvalue weighted by Crippen LogP contribution is 2.28. The van der Waals surface area contributed by atoms with Crippen LogP contribution in [-0.4, -0.2) is 30.2 Å². The second-order valence-corrected chi connectivity index (χ2v) is 4.68. The second-order valence-electron chi connectivity index (χ2n) is 4.68. The fourth-order valence-electron chi connectivity index (χ4n) is 2.18. The number of ketones is 2. The summed E-state index contributed by atoms with van der Waals surface area (Å²) in [5.41, 5.74) is 0.625. The zero-order chi connectivity index (χ0) is 16.5. The molecule has 1 unspecified atom stereocenters. The Morgan fingerprint density at radius 1 is 1.23 bits per heavy atom. The number of benzene rings is 1. The van der Waals surface area contributed by atoms with Crippen LogP contribution in [0.4, 0.5) is 18.9 Å². The fourth-order valence-corrected chi connectivity index (χ4v) is 2.18. The highest BCUT2D eigenvalue weighted by Gasteiger charge is 2.50. The predicted octanol–water partition coefficient (Wildman–Crippen LogP) is 1.61. The van der Waals surface area contributed by atoms with Crippen molar-refractivity contribution in [2.75, 3.05) is 11.4 Å². The number of rotatable bonds is 2. The molecule has 2 rings (SSSR count). The molecule has 0 aliphatic carbocycles. The first kappa shape index (κ1) is 15.7. The molecule has 1 atom stereocenters. The molecular formula is C14H9F3N2O3. The van der Waals surface area contributed by atoms with Gasteiger partial charge in [-0.15, -0.1) is 0 Å². The van der Waals surface area contributed by atoms with E-state index in [4.69, 9.17) is 5.26 Å². The Morgan fingerprint density at radius 3 is 2.32 bits per heavy atom. The molecule has 0 saturated carbocycles. The molecule has 22 heavy (non-hydrogen) atoms. The normalized spacial score (nSPS) is 19.0. The average Bonchev–Trinajstić information content (AvgIpc) is 2.48. The molecule has 1 aromatic carbocycles. The summed E-state index contributed by atoms with van der Waals surface area (Å²) in [5.74, 6) is -6.68. The molecule has 0 radical (unpaired) electrons. The number of carbonyl (C=O) groups is 3. The van der Waals surface area contributed by atoms with Gasteiger partial charge in [0.25, 0.3) is 5.91 Å². The summed E-state index contributed by atoms with van der Waals surface area (Å²) in [4.78, 5) is 35.8. The van der Waals surface area contributed by atoms with E-state index >= 15 is 0 Å². The Hall–Kier alpha value is -2.69. The van der Waals surface area contributed by atoms with Gasteiger partial charge in [-0.05, 0) is 30.7 Å². The monoisotopic (exact) mass is 310 g/mol. The van der Waals surface area contributed by atoms with Crippen molar-refractivity contribution in [2.24, 2.45) is 5.92 Å². The number of hydrogen-bond donors (Lipinski definition) is 0. The third-order valence-corrected chi connectivity index (χ3v) is 3.32. The van der Waals surface area contributed by atoms with Crippen molar-refractivity contribution in [1.82, 2.24) is 0 Å². The number of anilines is 1. The Kier molecular flexibility index (Phi) is 3.99. The Bertz CT molecular complexity index is 674. The van der Waals surface area contributed by atoms with Crippen LogP contribution in [0.15, 0.2) is 24.3 Å². The lowest BCUT2D eigenvalue weighted by Crippen LogP contribution is -2.50. The fraction of sp³-hybridized carbons (Fsp3) is 0.286. The molecule has 1 aliphatic rings. The van der Waals surface area contributed by atoms with E-state index in [-0.39, 0.29) is 18.7 Å². The van der Waals surface area contributed by atoms with Crippen molar-refractivity contribution in [3.8, 4) is 6.07 Å². The van der Waals surface area contributed by atoms with Crippen LogP contribution >= 0.6 is 0 Å². The standard InChI is InChI=1S/C14H9F3N2O3/c15-14(16,17)12(21)10-5-6-19(13(22)11(10)20)9-3-1-8(7-18)2-4-9/h1-4,10H,5-6H2. The molecule has 1 fully saturated rings. The number of nitrogens with zero attached hydrogens (tertiary/aromatic N) is 2. The summed E-state index contributed by atoms with van der Waals surface area (Å²) >= 11 is 0. The van der Waals surface area contributed by atoms with Crippen LogP contribution in [0.2, 0.25) is 0 Å². The van der Waals surface area contributed by atoms with Gasteiger partial charge in [-0.3, -0.25) is 14.4 Å². The number of alkyl halides is 3. The number of piperidine rings is 1. The van der Waals surface area contributed by atoms with Crippen molar-refractivity contribution in [3.63, 3.8) is 0 Å². The van der Waals surface area contributed by atoms with Crippen LogP contribution in [0.5, 0.6) is 0 Å². The minimum absolute atomic E-state index is 0.178. The molecule has 114 valence electrons. The molecule has 8 heteroatoms. The third-order valence-electron chi connectivity index (χ3n) is 3.32. The van der Waals surface area contributed by atoms with E-state index in [0.29, 0.717) is 5.56 Å². The lowest BCUT2D eigenvalue weighted by molar-refractivity contribution is -0.177. The van der Waals surface area contributed by atoms with Crippen LogP contribution in [0, 0.1) is 17.2 Å². The van der Waals surface area contributed by atoms with Gasteiger partial charge in [0.15, 0.2) is 0 Å². The zero-order valence-corrected chi connectivity index (χ0v) is 11.1.